The van der Waals surface area contributed by atoms with Crippen LogP contribution in [-0.4, -0.2) is 23.9 Å². The van der Waals surface area contributed by atoms with Crippen LogP contribution in [-0.2, 0) is 14.4 Å². The van der Waals surface area contributed by atoms with Crippen LogP contribution in [0.4, 0.5) is 0 Å². The van der Waals surface area contributed by atoms with Gasteiger partial charge in [-0.15, -0.1) is 0 Å². The van der Waals surface area contributed by atoms with Crippen molar-refractivity contribution < 1.29 is 29.0 Å². The fraction of sp³-hybridized carbons (Fsp3) is 0.576. The van der Waals surface area contributed by atoms with Crippen LogP contribution in [0.2, 0.25) is 0 Å². The van der Waals surface area contributed by atoms with Crippen LogP contribution in [0.3, 0.4) is 0 Å². The molecule has 10 heteroatoms. The molecule has 0 aromatic heterocycles. The average Bonchev–Trinajstić information content (AvgIpc) is 2.93. The van der Waals surface area contributed by atoms with Crippen LogP contribution >= 0.6 is 99.9 Å². The molecule has 0 bridgehead atoms. The summed E-state index contributed by atoms with van der Waals surface area (Å²) < 4.78 is 12.2. The van der Waals surface area contributed by atoms with E-state index < -0.39 is 0 Å². The Kier molecular flexibility index (Phi) is 29.0. The molecule has 2 aliphatic rings. The van der Waals surface area contributed by atoms with E-state index in [2.05, 4.69) is 171 Å². The summed E-state index contributed by atoms with van der Waals surface area (Å²) in [7, 11) is 0.628. The Morgan fingerprint density at radius 1 is 0.907 bits per heavy atom. The Morgan fingerprint density at radius 2 is 1.35 bits per heavy atom. The van der Waals surface area contributed by atoms with Crippen molar-refractivity contribution in [2.75, 3.05) is 6.61 Å². The predicted octanol–water partition coefficient (Wildman–Crippen LogP) is 13.1. The monoisotopic (exact) mass is 1230 g/mol. The van der Waals surface area contributed by atoms with Gasteiger partial charge in [-0.25, -0.2) is 0 Å². The molecular formula is C33H50I5O3V2. The summed E-state index contributed by atoms with van der Waals surface area (Å²) in [5.74, 6) is 3.65. The average molecular weight is 1230 g/mol. The van der Waals surface area contributed by atoms with Crippen LogP contribution in [0.5, 0.6) is 11.5 Å². The molecular weight excluding hydrogens is 1180 g/mol. The molecule has 3 nitrogen and oxygen atoms in total. The SMILES string of the molecule is C.C=C(C)[C@H]1CCC[C@@H](Oc2cccc(C)c2)C1.Cc1cccc(O[C@@H]2CCC[C@H](C(C)CO)C2)c1.[I][V]([I])[I].[I][V][I]. The summed E-state index contributed by atoms with van der Waals surface area (Å²) in [4.78, 5) is -0.278. The Hall–Kier alpha value is 2.56. The Labute approximate surface area is 330 Å². The third-order valence-corrected chi connectivity index (χ3v) is 7.67. The number of benzene rings is 2. The molecule has 5 atom stereocenters. The summed E-state index contributed by atoms with van der Waals surface area (Å²) in [5, 5.41) is 9.26. The number of aliphatic hydroxyl groups excluding tert-OH is 1. The molecule has 0 saturated heterocycles. The Balaban J connectivity index is 0.000000663. The molecule has 0 heterocycles. The van der Waals surface area contributed by atoms with Crippen molar-refractivity contribution in [3.05, 3.63) is 71.8 Å². The van der Waals surface area contributed by atoms with Gasteiger partial charge in [-0.1, -0.05) is 50.8 Å². The van der Waals surface area contributed by atoms with E-state index in [1.165, 1.54) is 48.8 Å². The van der Waals surface area contributed by atoms with Crippen molar-refractivity contribution in [2.24, 2.45) is 17.8 Å². The van der Waals surface area contributed by atoms with E-state index in [1.54, 1.807) is 0 Å². The fourth-order valence-electron chi connectivity index (χ4n) is 5.42. The number of hydrogen-bond donors (Lipinski definition) is 1. The van der Waals surface area contributed by atoms with Gasteiger partial charge in [0, 0.05) is 6.61 Å². The van der Waals surface area contributed by atoms with Crippen LogP contribution < -0.4 is 9.47 Å². The fourth-order valence-corrected chi connectivity index (χ4v) is 5.42. The van der Waals surface area contributed by atoms with E-state index in [0.29, 0.717) is 46.0 Å². The van der Waals surface area contributed by atoms with Gasteiger partial charge in [0.05, 0.1) is 12.2 Å². The maximum atomic E-state index is 9.26. The van der Waals surface area contributed by atoms with E-state index in [4.69, 9.17) is 9.47 Å². The molecule has 245 valence electrons. The van der Waals surface area contributed by atoms with E-state index in [-0.39, 0.29) is 12.3 Å². The molecule has 1 unspecified atom stereocenters. The molecule has 1 N–H and O–H groups in total. The summed E-state index contributed by atoms with van der Waals surface area (Å²) >= 11 is 12.1. The Morgan fingerprint density at radius 3 is 1.77 bits per heavy atom. The van der Waals surface area contributed by atoms with Crippen LogP contribution in [0.15, 0.2) is 60.7 Å². The molecule has 2 aliphatic carbocycles. The van der Waals surface area contributed by atoms with E-state index in [9.17, 15) is 5.11 Å². The summed E-state index contributed by atoms with van der Waals surface area (Å²) in [6.45, 7) is 12.8. The van der Waals surface area contributed by atoms with Crippen LogP contribution in [0, 0.1) is 31.6 Å². The number of allylic oxidation sites excluding steroid dienone is 1. The molecule has 0 aliphatic heterocycles. The van der Waals surface area contributed by atoms with Crippen molar-refractivity contribution in [3.63, 3.8) is 0 Å². The molecule has 0 radical (unpaired) electrons. The predicted molar refractivity (Wildman–Crippen MR) is 223 cm³/mol. The molecule has 43 heavy (non-hydrogen) atoms. The Bertz CT molecular complexity index is 1010. The third kappa shape index (κ3) is 22.0. The zero-order valence-corrected chi connectivity index (χ0v) is 38.7. The zero-order chi connectivity index (χ0) is 31.5. The van der Waals surface area contributed by atoms with Gasteiger partial charge in [-0.2, -0.15) is 0 Å². The van der Waals surface area contributed by atoms with E-state index in [1.807, 2.05) is 12.1 Å². The first-order valence-electron chi connectivity index (χ1n) is 14.4. The molecule has 4 rings (SSSR count). The number of rotatable bonds is 7. The van der Waals surface area contributed by atoms with E-state index >= 15 is 0 Å². The minimum absolute atomic E-state index is 0. The first-order valence-corrected chi connectivity index (χ1v) is 36.9. The van der Waals surface area contributed by atoms with Gasteiger partial charge in [-0.05, 0) is 125 Å². The molecule has 2 saturated carbocycles. The molecule has 0 amide bonds. The van der Waals surface area contributed by atoms with Gasteiger partial charge in [0.1, 0.15) is 11.5 Å². The minimum atomic E-state index is -0.278. The van der Waals surface area contributed by atoms with Crippen molar-refractivity contribution in [3.8, 4) is 11.5 Å². The van der Waals surface area contributed by atoms with Crippen molar-refractivity contribution >= 4 is 99.9 Å². The number of aliphatic hydroxyl groups is 1. The standard InChI is InChI=1S/C16H24O2.C16H22O.CH4.5HI.2V/c1-12-5-3-7-15(9-12)18-16-8-4-6-14(10-16)13(2)11-17;1-12(2)14-7-5-9-16(11-14)17-15-8-4-6-13(3)10-15;;;;;;;;/h3,5,7,9,13-14,16-17H,4,6,8,10-11H2,1-2H3;4,6,8,10,14,16H,1,5,7,9,11H2,2-3H3;1H4;5*1H;;/q;;;;;;;;+2;+3/p-5/t13?,14-,16+;14-,16+;;;;;;;;/m00......../s1. The molecule has 2 aromatic rings. The second-order valence-electron chi connectivity index (χ2n) is 11.2. The molecule has 0 spiro atoms. The third-order valence-electron chi connectivity index (χ3n) is 7.67. The van der Waals surface area contributed by atoms with Crippen molar-refractivity contribution in [2.45, 2.75) is 98.7 Å². The second kappa shape index (κ2) is 27.4. The van der Waals surface area contributed by atoms with Crippen LogP contribution in [0.1, 0.15) is 83.8 Å². The first-order chi connectivity index (χ1) is 20.0. The molecule has 2 fully saturated rings. The second-order valence-corrected chi connectivity index (χ2v) is 58.3. The number of aryl methyl sites for hydroxylation is 2. The zero-order valence-electron chi connectivity index (χ0n) is 25.1. The normalized spacial score (nSPS) is 21.6. The van der Waals surface area contributed by atoms with Gasteiger partial charge in [0.2, 0.25) is 0 Å². The van der Waals surface area contributed by atoms with Gasteiger partial charge < -0.3 is 14.6 Å². The first kappa shape index (κ1) is 45.6. The maximum absolute atomic E-state index is 9.26. The van der Waals surface area contributed by atoms with Gasteiger partial charge in [-0.3, -0.25) is 0 Å². The summed E-state index contributed by atoms with van der Waals surface area (Å²) in [6, 6.07) is 16.6. The van der Waals surface area contributed by atoms with E-state index in [0.717, 1.165) is 30.8 Å². The van der Waals surface area contributed by atoms with Gasteiger partial charge in [0.15, 0.2) is 0 Å². The van der Waals surface area contributed by atoms with Gasteiger partial charge >= 0.3 is 114 Å². The topological polar surface area (TPSA) is 38.7 Å². The van der Waals surface area contributed by atoms with Crippen molar-refractivity contribution in [1.29, 1.82) is 0 Å². The molecule has 2 aromatic carbocycles. The summed E-state index contributed by atoms with van der Waals surface area (Å²) in [6.07, 6.45) is 10.2. The van der Waals surface area contributed by atoms with Crippen molar-refractivity contribution in [1.82, 2.24) is 0 Å². The quantitative estimate of drug-likeness (QED) is 0.222. The number of halogens is 5. The summed E-state index contributed by atoms with van der Waals surface area (Å²) in [5.41, 5.74) is 3.81. The van der Waals surface area contributed by atoms with Gasteiger partial charge in [0.25, 0.3) is 0 Å². The number of hydrogen-bond acceptors (Lipinski definition) is 3. The number of ether oxygens (including phenoxy) is 2. The van der Waals surface area contributed by atoms with Crippen LogP contribution in [0.25, 0.3) is 0 Å².